The molecule has 3 rings (SSSR count). The minimum atomic E-state index is -1.14. The van der Waals surface area contributed by atoms with E-state index in [2.05, 4.69) is 45.6 Å². The Labute approximate surface area is 157 Å². The second kappa shape index (κ2) is 6.74. The zero-order valence-corrected chi connectivity index (χ0v) is 17.9. The predicted molar refractivity (Wildman–Crippen MR) is 104 cm³/mol. The van der Waals surface area contributed by atoms with Crippen LogP contribution in [0.2, 0.25) is 30.8 Å². The first-order valence-electron chi connectivity index (χ1n) is 8.50. The average molecular weight is 435 g/mol. The summed E-state index contributed by atoms with van der Waals surface area (Å²) in [6.45, 7) is 9.63. The monoisotopic (exact) mass is 433 g/mol. The van der Waals surface area contributed by atoms with Crippen LogP contribution in [0, 0.1) is 5.41 Å². The molecule has 0 unspecified atom stereocenters. The maximum absolute atomic E-state index is 12.5. The molecule has 1 aromatic rings. The normalized spacial score (nSPS) is 19.3. The fourth-order valence-corrected chi connectivity index (χ4v) is 5.12. The lowest BCUT2D eigenvalue weighted by molar-refractivity contribution is 0.0742. The number of halogens is 2. The molecule has 0 atom stereocenters. The van der Waals surface area contributed by atoms with Crippen LogP contribution in [0.1, 0.15) is 19.3 Å². The summed E-state index contributed by atoms with van der Waals surface area (Å²) in [5.74, 6) is 0. The number of aromatic nitrogens is 2. The third-order valence-electron chi connectivity index (χ3n) is 5.03. The van der Waals surface area contributed by atoms with Crippen molar-refractivity contribution in [1.29, 1.82) is 0 Å². The maximum atomic E-state index is 12.5. The Hall–Kier alpha value is -0.373. The number of ether oxygens (including phenoxy) is 1. The van der Waals surface area contributed by atoms with E-state index in [0.717, 1.165) is 24.8 Å². The van der Waals surface area contributed by atoms with Crippen LogP contribution in [-0.2, 0) is 11.5 Å². The van der Waals surface area contributed by atoms with Gasteiger partial charge in [0, 0.05) is 33.2 Å². The molecule has 1 saturated heterocycles. The second-order valence-corrected chi connectivity index (χ2v) is 15.1. The largest absolute Gasteiger partial charge is 0.367 e. The minimum Gasteiger partial charge on any atom is -0.367 e. The zero-order chi connectivity index (χ0) is 17.5. The summed E-state index contributed by atoms with van der Waals surface area (Å²) in [4.78, 5) is 14.7. The molecule has 1 aliphatic carbocycles. The summed E-state index contributed by atoms with van der Waals surface area (Å²) < 4.78 is 7.42. The van der Waals surface area contributed by atoms with Gasteiger partial charge in [0.1, 0.15) is 11.2 Å². The lowest BCUT2D eigenvalue weighted by Crippen LogP contribution is -2.60. The van der Waals surface area contributed by atoms with Gasteiger partial charge in [-0.3, -0.25) is 4.79 Å². The third-order valence-corrected chi connectivity index (χ3v) is 7.70. The Kier molecular flexibility index (Phi) is 5.17. The van der Waals surface area contributed by atoms with Gasteiger partial charge in [-0.15, -0.1) is 0 Å². The number of hydrogen-bond donors (Lipinski definition) is 0. The maximum Gasteiger partial charge on any atom is 0.285 e. The molecule has 0 amide bonds. The minimum absolute atomic E-state index is 0.145. The van der Waals surface area contributed by atoms with Crippen LogP contribution in [-0.4, -0.2) is 37.6 Å². The van der Waals surface area contributed by atoms with E-state index in [-0.39, 0.29) is 12.3 Å². The predicted octanol–water partition coefficient (Wildman–Crippen LogP) is 3.96. The number of rotatable bonds is 6. The summed E-state index contributed by atoms with van der Waals surface area (Å²) in [5.41, 5.74) is 1.02. The number of nitrogens with zero attached hydrogens (tertiary/aromatic N) is 3. The SMILES string of the molecule is C[Si](C)(C)CCOCn1nc(Cl)c(N2CC3(CCC3)C2)c(Br)c1=O. The molecule has 0 bridgehead atoms. The molecule has 2 fully saturated rings. The fraction of sp³-hybridized carbons (Fsp3) is 0.750. The fourth-order valence-electron chi connectivity index (χ4n) is 3.30. The van der Waals surface area contributed by atoms with Gasteiger partial charge in [-0.2, -0.15) is 5.10 Å². The Morgan fingerprint density at radius 2 is 2.00 bits per heavy atom. The van der Waals surface area contributed by atoms with E-state index in [4.69, 9.17) is 16.3 Å². The first-order chi connectivity index (χ1) is 11.2. The van der Waals surface area contributed by atoms with E-state index < -0.39 is 8.07 Å². The Balaban J connectivity index is 1.66. The number of anilines is 1. The highest BCUT2D eigenvalue weighted by Crippen LogP contribution is 2.51. The van der Waals surface area contributed by atoms with Crippen molar-refractivity contribution in [2.75, 3.05) is 24.6 Å². The molecular formula is C16H25BrClN3O2Si. The van der Waals surface area contributed by atoms with Crippen molar-refractivity contribution in [3.8, 4) is 0 Å². The third kappa shape index (κ3) is 3.74. The Bertz CT molecular complexity index is 677. The Morgan fingerprint density at radius 3 is 2.54 bits per heavy atom. The van der Waals surface area contributed by atoms with E-state index in [1.165, 1.54) is 23.9 Å². The second-order valence-electron chi connectivity index (χ2n) is 8.32. The van der Waals surface area contributed by atoms with Gasteiger partial charge in [0.15, 0.2) is 5.15 Å². The molecule has 2 heterocycles. The molecule has 5 nitrogen and oxygen atoms in total. The molecule has 1 saturated carbocycles. The molecule has 2 aliphatic rings. The van der Waals surface area contributed by atoms with Gasteiger partial charge in [0.05, 0.1) is 5.69 Å². The molecule has 0 radical (unpaired) electrons. The number of hydrogen-bond acceptors (Lipinski definition) is 4. The highest BCUT2D eigenvalue weighted by atomic mass is 79.9. The van der Waals surface area contributed by atoms with Gasteiger partial charge in [-0.1, -0.05) is 37.7 Å². The standard InChI is InChI=1S/C16H25BrClN3O2Si/c1-24(2,3)8-7-23-11-21-15(22)12(17)13(14(18)19-21)20-9-16(10-20)5-4-6-16/h4-11H2,1-3H3. The van der Waals surface area contributed by atoms with E-state index in [9.17, 15) is 4.79 Å². The van der Waals surface area contributed by atoms with Crippen LogP contribution in [0.3, 0.4) is 0 Å². The molecule has 1 spiro atoms. The van der Waals surface area contributed by atoms with Gasteiger partial charge < -0.3 is 9.64 Å². The van der Waals surface area contributed by atoms with Gasteiger partial charge in [-0.05, 0) is 34.8 Å². The van der Waals surface area contributed by atoms with Crippen molar-refractivity contribution < 1.29 is 4.74 Å². The van der Waals surface area contributed by atoms with E-state index in [1.54, 1.807) is 0 Å². The van der Waals surface area contributed by atoms with Crippen LogP contribution in [0.5, 0.6) is 0 Å². The topological polar surface area (TPSA) is 47.4 Å². The van der Waals surface area contributed by atoms with Gasteiger partial charge >= 0.3 is 0 Å². The van der Waals surface area contributed by atoms with E-state index in [0.29, 0.717) is 21.6 Å². The van der Waals surface area contributed by atoms with E-state index in [1.807, 2.05) is 0 Å². The first kappa shape index (κ1) is 18.4. The molecular weight excluding hydrogens is 410 g/mol. The highest BCUT2D eigenvalue weighted by molar-refractivity contribution is 9.10. The molecule has 1 aliphatic heterocycles. The van der Waals surface area contributed by atoms with Crippen LogP contribution in [0.4, 0.5) is 5.69 Å². The summed E-state index contributed by atoms with van der Waals surface area (Å²) in [7, 11) is -1.14. The van der Waals surface area contributed by atoms with Crippen molar-refractivity contribution in [3.05, 3.63) is 20.0 Å². The van der Waals surface area contributed by atoms with Gasteiger partial charge in [0.25, 0.3) is 5.56 Å². The van der Waals surface area contributed by atoms with Crippen molar-refractivity contribution in [2.24, 2.45) is 5.41 Å². The summed E-state index contributed by atoms with van der Waals surface area (Å²) in [6, 6.07) is 1.06. The van der Waals surface area contributed by atoms with Crippen molar-refractivity contribution in [2.45, 2.75) is 51.7 Å². The van der Waals surface area contributed by atoms with Crippen LogP contribution in [0.15, 0.2) is 9.27 Å². The van der Waals surface area contributed by atoms with Crippen LogP contribution in [0.25, 0.3) is 0 Å². The molecule has 0 aromatic carbocycles. The lowest BCUT2D eigenvalue weighted by Gasteiger charge is -2.57. The summed E-state index contributed by atoms with van der Waals surface area (Å²) >= 11 is 9.79. The van der Waals surface area contributed by atoms with Gasteiger partial charge in [-0.25, -0.2) is 4.68 Å². The smallest absolute Gasteiger partial charge is 0.285 e. The average Bonchev–Trinajstić information content (AvgIpc) is 2.39. The van der Waals surface area contributed by atoms with Crippen LogP contribution >= 0.6 is 27.5 Å². The van der Waals surface area contributed by atoms with E-state index >= 15 is 0 Å². The first-order valence-corrected chi connectivity index (χ1v) is 13.4. The zero-order valence-electron chi connectivity index (χ0n) is 14.6. The molecule has 0 N–H and O–H groups in total. The Morgan fingerprint density at radius 1 is 1.33 bits per heavy atom. The summed E-state index contributed by atoms with van der Waals surface area (Å²) in [5, 5.41) is 4.61. The summed E-state index contributed by atoms with van der Waals surface area (Å²) in [6.07, 6.45) is 3.89. The van der Waals surface area contributed by atoms with Crippen molar-refractivity contribution in [3.63, 3.8) is 0 Å². The van der Waals surface area contributed by atoms with Gasteiger partial charge in [0.2, 0.25) is 0 Å². The molecule has 1 aromatic heterocycles. The van der Waals surface area contributed by atoms with Crippen molar-refractivity contribution in [1.82, 2.24) is 9.78 Å². The molecule has 24 heavy (non-hydrogen) atoms. The molecule has 134 valence electrons. The quantitative estimate of drug-likeness (QED) is 0.502. The van der Waals surface area contributed by atoms with Crippen LogP contribution < -0.4 is 10.5 Å². The highest BCUT2D eigenvalue weighted by Gasteiger charge is 2.48. The lowest BCUT2D eigenvalue weighted by atomic mass is 9.63. The van der Waals surface area contributed by atoms with Crippen molar-refractivity contribution >= 4 is 41.3 Å². The molecule has 8 heteroatoms.